The smallest absolute Gasteiger partial charge is 0.222 e. The summed E-state index contributed by atoms with van der Waals surface area (Å²) in [7, 11) is 0. The normalized spacial score (nSPS) is 29.6. The maximum absolute atomic E-state index is 12.9. The highest BCUT2D eigenvalue weighted by Crippen LogP contribution is 2.42. The van der Waals surface area contributed by atoms with Gasteiger partial charge in [0.2, 0.25) is 11.8 Å². The summed E-state index contributed by atoms with van der Waals surface area (Å²) in [6.07, 6.45) is 4.88. The SMILES string of the molecule is CC(C)NC(=O)C[C@@H]1OC[C@@H]2[C@H]1[C@H](CC(=O)N1CCCC1)CN2Cc1nccs1. The zero-order valence-corrected chi connectivity index (χ0v) is 18.2. The van der Waals surface area contributed by atoms with E-state index in [9.17, 15) is 9.59 Å². The molecule has 7 nitrogen and oxygen atoms in total. The van der Waals surface area contributed by atoms with Crippen molar-refractivity contribution >= 4 is 23.2 Å². The van der Waals surface area contributed by atoms with Crippen molar-refractivity contribution in [1.82, 2.24) is 20.1 Å². The van der Waals surface area contributed by atoms with Crippen molar-refractivity contribution in [2.75, 3.05) is 26.2 Å². The van der Waals surface area contributed by atoms with Gasteiger partial charge in [-0.3, -0.25) is 14.5 Å². The molecular formula is C21H32N4O3S. The first-order chi connectivity index (χ1) is 14.0. The fraction of sp³-hybridized carbons (Fsp3) is 0.762. The van der Waals surface area contributed by atoms with E-state index in [1.165, 1.54) is 0 Å². The summed E-state index contributed by atoms with van der Waals surface area (Å²) >= 11 is 1.66. The average molecular weight is 421 g/mol. The largest absolute Gasteiger partial charge is 0.376 e. The van der Waals surface area contributed by atoms with Crippen LogP contribution in [0.25, 0.3) is 0 Å². The Kier molecular flexibility index (Phi) is 6.51. The van der Waals surface area contributed by atoms with Crippen LogP contribution in [0.15, 0.2) is 11.6 Å². The number of nitrogens with one attached hydrogen (secondary N) is 1. The summed E-state index contributed by atoms with van der Waals surface area (Å²) in [5, 5.41) is 6.08. The van der Waals surface area contributed by atoms with Crippen LogP contribution in [0.2, 0.25) is 0 Å². The van der Waals surface area contributed by atoms with E-state index in [0.717, 1.165) is 44.0 Å². The van der Waals surface area contributed by atoms with Gasteiger partial charge in [0.15, 0.2) is 0 Å². The summed E-state index contributed by atoms with van der Waals surface area (Å²) in [5.74, 6) is 0.750. The number of ether oxygens (including phenoxy) is 1. The summed E-state index contributed by atoms with van der Waals surface area (Å²) in [6.45, 7) is 8.02. The number of aromatic nitrogens is 1. The number of thiazole rings is 1. The van der Waals surface area contributed by atoms with Crippen LogP contribution in [0.3, 0.4) is 0 Å². The van der Waals surface area contributed by atoms with Crippen LogP contribution >= 0.6 is 11.3 Å². The molecular weight excluding hydrogens is 388 g/mol. The fourth-order valence-corrected chi connectivity index (χ4v) is 5.82. The van der Waals surface area contributed by atoms with Gasteiger partial charge in [-0.2, -0.15) is 0 Å². The highest BCUT2D eigenvalue weighted by atomic mass is 32.1. The number of hydrogen-bond acceptors (Lipinski definition) is 6. The molecule has 0 bridgehead atoms. The van der Waals surface area contributed by atoms with Gasteiger partial charge in [-0.15, -0.1) is 11.3 Å². The van der Waals surface area contributed by atoms with E-state index < -0.39 is 0 Å². The molecule has 1 aromatic rings. The Morgan fingerprint density at radius 3 is 2.79 bits per heavy atom. The predicted octanol–water partition coefficient (Wildman–Crippen LogP) is 1.89. The second-order valence-electron chi connectivity index (χ2n) is 8.85. The van der Waals surface area contributed by atoms with E-state index in [1.807, 2.05) is 30.3 Å². The number of rotatable bonds is 7. The Labute approximate surface area is 176 Å². The van der Waals surface area contributed by atoms with Crippen LogP contribution < -0.4 is 5.32 Å². The molecule has 3 aliphatic rings. The van der Waals surface area contributed by atoms with Crippen LogP contribution in [0.5, 0.6) is 0 Å². The van der Waals surface area contributed by atoms with Gasteiger partial charge >= 0.3 is 0 Å². The molecule has 0 aromatic carbocycles. The minimum Gasteiger partial charge on any atom is -0.376 e. The first-order valence-electron chi connectivity index (χ1n) is 10.8. The van der Waals surface area contributed by atoms with Crippen molar-refractivity contribution in [3.05, 3.63) is 16.6 Å². The van der Waals surface area contributed by atoms with E-state index in [1.54, 1.807) is 11.3 Å². The number of hydrogen-bond donors (Lipinski definition) is 1. The molecule has 0 saturated carbocycles. The molecule has 4 heterocycles. The topological polar surface area (TPSA) is 74.8 Å². The van der Waals surface area contributed by atoms with Gasteiger partial charge in [0, 0.05) is 55.6 Å². The molecule has 8 heteroatoms. The Morgan fingerprint density at radius 2 is 2.10 bits per heavy atom. The molecule has 1 aromatic heterocycles. The van der Waals surface area contributed by atoms with Gasteiger partial charge in [-0.1, -0.05) is 0 Å². The highest BCUT2D eigenvalue weighted by molar-refractivity contribution is 7.09. The molecule has 4 atom stereocenters. The lowest BCUT2D eigenvalue weighted by molar-refractivity contribution is -0.131. The van der Waals surface area contributed by atoms with Gasteiger partial charge in [0.05, 0.1) is 25.7 Å². The molecule has 4 rings (SSSR count). The van der Waals surface area contributed by atoms with Gasteiger partial charge in [0.1, 0.15) is 5.01 Å². The first-order valence-corrected chi connectivity index (χ1v) is 11.7. The molecule has 2 amide bonds. The fourth-order valence-electron chi connectivity index (χ4n) is 5.18. The van der Waals surface area contributed by atoms with Crippen molar-refractivity contribution < 1.29 is 14.3 Å². The first kappa shape index (κ1) is 20.8. The van der Waals surface area contributed by atoms with E-state index in [4.69, 9.17) is 4.74 Å². The lowest BCUT2D eigenvalue weighted by Gasteiger charge is -2.25. The van der Waals surface area contributed by atoms with Crippen molar-refractivity contribution in [1.29, 1.82) is 0 Å². The minimum absolute atomic E-state index is 0.0358. The number of carbonyl (C=O) groups is 2. The quantitative estimate of drug-likeness (QED) is 0.729. The van der Waals surface area contributed by atoms with Gasteiger partial charge in [-0.25, -0.2) is 4.98 Å². The van der Waals surface area contributed by atoms with E-state index in [2.05, 4.69) is 15.2 Å². The van der Waals surface area contributed by atoms with Crippen molar-refractivity contribution in [2.45, 2.75) is 64.3 Å². The zero-order valence-electron chi connectivity index (χ0n) is 17.4. The number of amides is 2. The molecule has 0 spiro atoms. The average Bonchev–Trinajstić information content (AvgIpc) is 3.43. The zero-order chi connectivity index (χ0) is 20.4. The lowest BCUT2D eigenvalue weighted by Crippen LogP contribution is -2.37. The molecule has 29 heavy (non-hydrogen) atoms. The van der Waals surface area contributed by atoms with Crippen LogP contribution in [0, 0.1) is 11.8 Å². The molecule has 3 fully saturated rings. The van der Waals surface area contributed by atoms with Gasteiger partial charge in [0.25, 0.3) is 0 Å². The number of fused-ring (bicyclic) bond motifs is 1. The second kappa shape index (κ2) is 9.10. The molecule has 0 unspecified atom stereocenters. The van der Waals surface area contributed by atoms with Gasteiger partial charge < -0.3 is 15.0 Å². The maximum atomic E-state index is 12.9. The third kappa shape index (κ3) is 4.81. The molecule has 0 aliphatic carbocycles. The minimum atomic E-state index is -0.114. The van der Waals surface area contributed by atoms with Gasteiger partial charge in [-0.05, 0) is 32.6 Å². The molecule has 1 N–H and O–H groups in total. The summed E-state index contributed by atoms with van der Waals surface area (Å²) < 4.78 is 6.11. The Bertz CT molecular complexity index is 705. The maximum Gasteiger partial charge on any atom is 0.222 e. The summed E-state index contributed by atoms with van der Waals surface area (Å²) in [6, 6.07) is 0.379. The Balaban J connectivity index is 1.46. The van der Waals surface area contributed by atoms with E-state index >= 15 is 0 Å². The molecule has 160 valence electrons. The van der Waals surface area contributed by atoms with E-state index in [0.29, 0.717) is 19.4 Å². The number of nitrogens with zero attached hydrogens (tertiary/aromatic N) is 3. The van der Waals surface area contributed by atoms with E-state index in [-0.39, 0.29) is 41.8 Å². The lowest BCUT2D eigenvalue weighted by atomic mass is 9.84. The predicted molar refractivity (Wildman–Crippen MR) is 111 cm³/mol. The monoisotopic (exact) mass is 420 g/mol. The third-order valence-corrected chi connectivity index (χ3v) is 7.16. The molecule has 3 aliphatic heterocycles. The van der Waals surface area contributed by atoms with Crippen LogP contribution in [0.1, 0.15) is 44.5 Å². The molecule has 0 radical (unpaired) electrons. The summed E-state index contributed by atoms with van der Waals surface area (Å²) in [4.78, 5) is 34.1. The standard InChI is InChI=1S/C21H32N4O3S/c1-14(2)23-18(26)10-17-21-15(9-20(27)24-6-3-4-7-24)11-25(16(21)13-28-17)12-19-22-5-8-29-19/h5,8,14-17,21H,3-4,6-7,9-13H2,1-2H3,(H,23,26)/t15-,16-,17+,21-/m1/s1. The number of carbonyl (C=O) groups excluding carboxylic acids is 2. The highest BCUT2D eigenvalue weighted by Gasteiger charge is 2.51. The summed E-state index contributed by atoms with van der Waals surface area (Å²) in [5.41, 5.74) is 0. The van der Waals surface area contributed by atoms with Crippen molar-refractivity contribution in [3.8, 4) is 0 Å². The Hall–Kier alpha value is -1.51. The second-order valence-corrected chi connectivity index (χ2v) is 9.83. The third-order valence-electron chi connectivity index (χ3n) is 6.39. The van der Waals surface area contributed by atoms with Crippen LogP contribution in [0.4, 0.5) is 0 Å². The number of likely N-dealkylation sites (tertiary alicyclic amines) is 2. The van der Waals surface area contributed by atoms with Crippen molar-refractivity contribution in [3.63, 3.8) is 0 Å². The van der Waals surface area contributed by atoms with Crippen LogP contribution in [-0.4, -0.2) is 71.0 Å². The van der Waals surface area contributed by atoms with Crippen LogP contribution in [-0.2, 0) is 20.9 Å². The molecule has 3 saturated heterocycles. The van der Waals surface area contributed by atoms with Crippen molar-refractivity contribution in [2.24, 2.45) is 11.8 Å². The Morgan fingerprint density at radius 1 is 1.31 bits per heavy atom.